The second-order valence-corrected chi connectivity index (χ2v) is 6.22. The van der Waals surface area contributed by atoms with Crippen LogP contribution in [0.1, 0.15) is 57.1 Å². The number of nitrogens with one attached hydrogen (secondary N) is 1. The highest BCUT2D eigenvalue weighted by Crippen LogP contribution is 2.25. The molecule has 1 aromatic rings. The molecule has 0 amide bonds. The van der Waals surface area contributed by atoms with Gasteiger partial charge in [0.1, 0.15) is 11.5 Å². The van der Waals surface area contributed by atoms with E-state index >= 15 is 0 Å². The molecule has 1 atom stereocenters. The zero-order valence-corrected chi connectivity index (χ0v) is 12.1. The Hall–Kier alpha value is -1.34. The van der Waals surface area contributed by atoms with E-state index in [0.717, 1.165) is 37.3 Å². The number of aromatic nitrogens is 1. The van der Waals surface area contributed by atoms with E-state index in [9.17, 15) is 0 Å². The summed E-state index contributed by atoms with van der Waals surface area (Å²) in [5.74, 6) is 1.08. The molecular formula is C15H23N3O. The maximum absolute atomic E-state index is 9.05. The fourth-order valence-corrected chi connectivity index (χ4v) is 2.74. The monoisotopic (exact) mass is 261 g/mol. The Morgan fingerprint density at radius 3 is 2.89 bits per heavy atom. The van der Waals surface area contributed by atoms with Gasteiger partial charge in [-0.25, -0.2) is 0 Å². The summed E-state index contributed by atoms with van der Waals surface area (Å²) in [6.45, 7) is 6.80. The van der Waals surface area contributed by atoms with E-state index in [1.54, 1.807) is 0 Å². The molecule has 1 unspecified atom stereocenters. The molecule has 0 aromatic carbocycles. The Balaban J connectivity index is 1.89. The van der Waals surface area contributed by atoms with Gasteiger partial charge in [0.2, 0.25) is 0 Å². The Labute approximate surface area is 115 Å². The molecule has 1 aromatic heterocycles. The molecule has 0 aliphatic heterocycles. The van der Waals surface area contributed by atoms with Crippen molar-refractivity contribution in [3.05, 3.63) is 17.0 Å². The smallest absolute Gasteiger partial charge is 0.140 e. The highest BCUT2D eigenvalue weighted by Gasteiger charge is 2.22. The van der Waals surface area contributed by atoms with Crippen molar-refractivity contribution in [3.63, 3.8) is 0 Å². The summed E-state index contributed by atoms with van der Waals surface area (Å²) in [4.78, 5) is 0. The van der Waals surface area contributed by atoms with E-state index in [1.165, 1.54) is 18.4 Å². The first kappa shape index (κ1) is 14.1. The topological polar surface area (TPSA) is 61.9 Å². The zero-order valence-electron chi connectivity index (χ0n) is 12.1. The van der Waals surface area contributed by atoms with Crippen LogP contribution < -0.4 is 5.32 Å². The third kappa shape index (κ3) is 3.57. The lowest BCUT2D eigenvalue weighted by atomic mass is 9.88. The van der Waals surface area contributed by atoms with Gasteiger partial charge in [0.15, 0.2) is 0 Å². The molecule has 1 N–H and O–H groups in total. The molecule has 4 nitrogen and oxygen atoms in total. The van der Waals surface area contributed by atoms with Crippen LogP contribution in [0.2, 0.25) is 0 Å². The van der Waals surface area contributed by atoms with Crippen molar-refractivity contribution in [1.82, 2.24) is 10.5 Å². The third-order valence-corrected chi connectivity index (χ3v) is 3.77. The minimum Gasteiger partial charge on any atom is -0.361 e. The lowest BCUT2D eigenvalue weighted by Crippen LogP contribution is -2.30. The number of fused-ring (bicyclic) bond motifs is 1. The summed E-state index contributed by atoms with van der Waals surface area (Å²) in [5, 5.41) is 16.7. The van der Waals surface area contributed by atoms with Crippen LogP contribution in [0.25, 0.3) is 0 Å². The van der Waals surface area contributed by atoms with Crippen LogP contribution in [-0.4, -0.2) is 11.2 Å². The number of rotatable bonds is 5. The van der Waals surface area contributed by atoms with E-state index in [4.69, 9.17) is 9.78 Å². The summed E-state index contributed by atoms with van der Waals surface area (Å²) in [6, 6.07) is 2.64. The van der Waals surface area contributed by atoms with Gasteiger partial charge in [-0.3, -0.25) is 0 Å². The third-order valence-electron chi connectivity index (χ3n) is 3.77. The highest BCUT2D eigenvalue weighted by atomic mass is 16.5. The average Bonchev–Trinajstić information content (AvgIpc) is 2.79. The van der Waals surface area contributed by atoms with Crippen LogP contribution in [-0.2, 0) is 19.4 Å². The summed E-state index contributed by atoms with van der Waals surface area (Å²) in [6.07, 6.45) is 5.40. The Morgan fingerprint density at radius 2 is 2.16 bits per heavy atom. The second kappa shape index (κ2) is 5.75. The zero-order chi connectivity index (χ0) is 13.9. The minimum atomic E-state index is -0.282. The van der Waals surface area contributed by atoms with Crippen molar-refractivity contribution in [2.24, 2.45) is 5.41 Å². The first-order valence-corrected chi connectivity index (χ1v) is 7.13. The Morgan fingerprint density at radius 1 is 1.42 bits per heavy atom. The molecule has 1 aliphatic rings. The van der Waals surface area contributed by atoms with Gasteiger partial charge in [0.05, 0.1) is 11.5 Å². The standard InChI is InChI=1S/C15H23N3O/c1-11(8-15(2,3)10-16)17-9-13-12-6-4-5-7-14(12)19-18-13/h11,17H,4-9H2,1-3H3. The van der Waals surface area contributed by atoms with Crippen LogP contribution in [0, 0.1) is 16.7 Å². The summed E-state index contributed by atoms with van der Waals surface area (Å²) in [7, 11) is 0. The van der Waals surface area contributed by atoms with Gasteiger partial charge in [-0.2, -0.15) is 5.26 Å². The van der Waals surface area contributed by atoms with E-state index in [0.29, 0.717) is 6.04 Å². The molecule has 0 fully saturated rings. The molecule has 0 saturated heterocycles. The van der Waals surface area contributed by atoms with Crippen LogP contribution >= 0.6 is 0 Å². The minimum absolute atomic E-state index is 0.282. The van der Waals surface area contributed by atoms with Crippen LogP contribution in [0.5, 0.6) is 0 Å². The van der Waals surface area contributed by atoms with Gasteiger partial charge in [0.25, 0.3) is 0 Å². The molecule has 0 spiro atoms. The molecule has 1 aliphatic carbocycles. The SMILES string of the molecule is CC(CC(C)(C)C#N)NCc1noc2c1CCCC2. The van der Waals surface area contributed by atoms with Crippen LogP contribution in [0.4, 0.5) is 0 Å². The van der Waals surface area contributed by atoms with E-state index in [1.807, 2.05) is 13.8 Å². The predicted octanol–water partition coefficient (Wildman–Crippen LogP) is 2.97. The van der Waals surface area contributed by atoms with Crippen LogP contribution in [0.3, 0.4) is 0 Å². The van der Waals surface area contributed by atoms with Crippen LogP contribution in [0.15, 0.2) is 4.52 Å². The molecule has 19 heavy (non-hydrogen) atoms. The number of nitriles is 1. The maximum atomic E-state index is 9.05. The normalized spacial score (nSPS) is 16.7. The second-order valence-electron chi connectivity index (χ2n) is 6.22. The fourth-order valence-electron chi connectivity index (χ4n) is 2.74. The quantitative estimate of drug-likeness (QED) is 0.885. The first-order chi connectivity index (χ1) is 9.02. The average molecular weight is 261 g/mol. The van der Waals surface area contributed by atoms with Crippen molar-refractivity contribution < 1.29 is 4.52 Å². The summed E-state index contributed by atoms with van der Waals surface area (Å²) >= 11 is 0. The molecule has 4 heteroatoms. The molecule has 0 bridgehead atoms. The lowest BCUT2D eigenvalue weighted by Gasteiger charge is -2.21. The number of hydrogen-bond donors (Lipinski definition) is 1. The maximum Gasteiger partial charge on any atom is 0.140 e. The number of hydrogen-bond acceptors (Lipinski definition) is 4. The lowest BCUT2D eigenvalue weighted by molar-refractivity contribution is 0.353. The van der Waals surface area contributed by atoms with Gasteiger partial charge in [-0.05, 0) is 46.5 Å². The van der Waals surface area contributed by atoms with Crippen molar-refractivity contribution in [3.8, 4) is 6.07 Å². The van der Waals surface area contributed by atoms with Crippen molar-refractivity contribution in [2.75, 3.05) is 0 Å². The fraction of sp³-hybridized carbons (Fsp3) is 0.733. The van der Waals surface area contributed by atoms with Gasteiger partial charge in [0, 0.05) is 24.6 Å². The van der Waals surface area contributed by atoms with Gasteiger partial charge >= 0.3 is 0 Å². The summed E-state index contributed by atoms with van der Waals surface area (Å²) < 4.78 is 5.40. The first-order valence-electron chi connectivity index (χ1n) is 7.13. The van der Waals surface area contributed by atoms with E-state index < -0.39 is 0 Å². The van der Waals surface area contributed by atoms with Crippen molar-refractivity contribution >= 4 is 0 Å². The number of aryl methyl sites for hydroxylation is 1. The molecule has 0 radical (unpaired) electrons. The van der Waals surface area contributed by atoms with Gasteiger partial charge in [-0.1, -0.05) is 5.16 Å². The molecule has 2 rings (SSSR count). The Kier molecular flexibility index (Phi) is 4.26. The van der Waals surface area contributed by atoms with E-state index in [2.05, 4.69) is 23.5 Å². The molecular weight excluding hydrogens is 238 g/mol. The molecule has 0 saturated carbocycles. The van der Waals surface area contributed by atoms with Gasteiger partial charge < -0.3 is 9.84 Å². The van der Waals surface area contributed by atoms with E-state index in [-0.39, 0.29) is 5.41 Å². The Bertz CT molecular complexity index is 470. The van der Waals surface area contributed by atoms with Crippen molar-refractivity contribution in [2.45, 2.75) is 65.5 Å². The summed E-state index contributed by atoms with van der Waals surface area (Å²) in [5.41, 5.74) is 2.08. The van der Waals surface area contributed by atoms with Crippen molar-refractivity contribution in [1.29, 1.82) is 5.26 Å². The highest BCUT2D eigenvalue weighted by molar-refractivity contribution is 5.25. The number of nitrogens with zero attached hydrogens (tertiary/aromatic N) is 2. The largest absolute Gasteiger partial charge is 0.361 e. The van der Waals surface area contributed by atoms with Gasteiger partial charge in [-0.15, -0.1) is 0 Å². The molecule has 1 heterocycles. The predicted molar refractivity (Wildman–Crippen MR) is 73.5 cm³/mol. The molecule has 104 valence electrons.